The van der Waals surface area contributed by atoms with Crippen LogP contribution in [-0.4, -0.2) is 25.2 Å². The van der Waals surface area contributed by atoms with Crippen LogP contribution in [0.15, 0.2) is 46.9 Å². The van der Waals surface area contributed by atoms with Crippen molar-refractivity contribution in [3.05, 3.63) is 59.6 Å². The fourth-order valence-electron chi connectivity index (χ4n) is 3.58. The van der Waals surface area contributed by atoms with Gasteiger partial charge in [-0.15, -0.1) is 0 Å². The lowest BCUT2D eigenvalue weighted by Gasteiger charge is -2.12. The summed E-state index contributed by atoms with van der Waals surface area (Å²) in [5.41, 5.74) is 1.13. The zero-order valence-electron chi connectivity index (χ0n) is 17.7. The van der Waals surface area contributed by atoms with Gasteiger partial charge in [0.05, 0.1) is 12.1 Å². The molecule has 0 bridgehead atoms. The summed E-state index contributed by atoms with van der Waals surface area (Å²) in [5.74, 6) is 1.25. The minimum Gasteiger partial charge on any atom is -0.491 e. The van der Waals surface area contributed by atoms with Gasteiger partial charge in [0, 0.05) is 30.5 Å². The van der Waals surface area contributed by atoms with Crippen LogP contribution in [0.4, 0.5) is 4.39 Å². The molecule has 1 aliphatic heterocycles. The predicted molar refractivity (Wildman–Crippen MR) is 114 cm³/mol. The van der Waals surface area contributed by atoms with E-state index >= 15 is 0 Å². The minimum absolute atomic E-state index is 0.0886. The van der Waals surface area contributed by atoms with E-state index in [1.807, 2.05) is 19.1 Å². The van der Waals surface area contributed by atoms with E-state index in [0.29, 0.717) is 35.0 Å². The average Bonchev–Trinajstić information content (AvgIpc) is 3.40. The number of hydrogen-bond acceptors (Lipinski definition) is 5. The lowest BCUT2D eigenvalue weighted by atomic mass is 10.2. The van der Waals surface area contributed by atoms with Crippen molar-refractivity contribution < 1.29 is 27.8 Å². The van der Waals surface area contributed by atoms with Crippen LogP contribution in [0.1, 0.15) is 44.1 Å². The van der Waals surface area contributed by atoms with Crippen molar-refractivity contribution >= 4 is 16.9 Å². The monoisotopic (exact) mass is 427 g/mol. The Kier molecular flexibility index (Phi) is 6.42. The van der Waals surface area contributed by atoms with Crippen molar-refractivity contribution in [1.29, 1.82) is 0 Å². The van der Waals surface area contributed by atoms with E-state index in [0.717, 1.165) is 24.8 Å². The lowest BCUT2D eigenvalue weighted by molar-refractivity contribution is -0.119. The minimum atomic E-state index is -0.374. The average molecular weight is 427 g/mol. The third kappa shape index (κ3) is 5.35. The van der Waals surface area contributed by atoms with Gasteiger partial charge in [0.2, 0.25) is 5.91 Å². The Morgan fingerprint density at radius 3 is 2.74 bits per heavy atom. The molecule has 1 aromatic heterocycles. The van der Waals surface area contributed by atoms with E-state index in [2.05, 4.69) is 5.32 Å². The summed E-state index contributed by atoms with van der Waals surface area (Å²) in [6.45, 7) is 4.61. The Hall–Kier alpha value is -3.06. The van der Waals surface area contributed by atoms with Crippen LogP contribution in [0.2, 0.25) is 0 Å². The summed E-state index contributed by atoms with van der Waals surface area (Å²) in [7, 11) is 0. The molecule has 0 radical (unpaired) electrons. The van der Waals surface area contributed by atoms with Crippen LogP contribution >= 0.6 is 0 Å². The normalized spacial score (nSPS) is 16.9. The summed E-state index contributed by atoms with van der Waals surface area (Å²) >= 11 is 0. The van der Waals surface area contributed by atoms with Crippen LogP contribution in [0, 0.1) is 5.82 Å². The van der Waals surface area contributed by atoms with Crippen molar-refractivity contribution in [3.63, 3.8) is 0 Å². The molecule has 164 valence electrons. The third-order valence-corrected chi connectivity index (χ3v) is 5.23. The summed E-state index contributed by atoms with van der Waals surface area (Å²) in [4.78, 5) is 11.2. The van der Waals surface area contributed by atoms with E-state index in [1.54, 1.807) is 24.3 Å². The van der Waals surface area contributed by atoms with Crippen molar-refractivity contribution in [3.8, 4) is 11.5 Å². The Labute approximate surface area is 180 Å². The van der Waals surface area contributed by atoms with Gasteiger partial charge in [-0.3, -0.25) is 4.79 Å². The highest BCUT2D eigenvalue weighted by atomic mass is 19.1. The zero-order chi connectivity index (χ0) is 21.8. The fourth-order valence-corrected chi connectivity index (χ4v) is 3.58. The first kappa shape index (κ1) is 21.2. The smallest absolute Gasteiger partial charge is 0.217 e. The van der Waals surface area contributed by atoms with E-state index in [1.165, 1.54) is 13.0 Å². The highest BCUT2D eigenvalue weighted by molar-refractivity contribution is 5.80. The predicted octanol–water partition coefficient (Wildman–Crippen LogP) is 4.91. The second kappa shape index (κ2) is 9.39. The molecule has 0 saturated carbocycles. The fraction of sp³-hybridized carbons (Fsp3) is 0.375. The SMILES string of the molecule is CC(=O)NC(C)c1cc2cc(OCc3ccc(OC[C@H]4CCCO4)cc3F)ccc2o1. The van der Waals surface area contributed by atoms with E-state index in [4.69, 9.17) is 18.6 Å². The number of furan rings is 1. The molecule has 1 amide bonds. The molecule has 2 heterocycles. The quantitative estimate of drug-likeness (QED) is 0.553. The molecule has 1 saturated heterocycles. The molecular weight excluding hydrogens is 401 g/mol. The maximum Gasteiger partial charge on any atom is 0.217 e. The van der Waals surface area contributed by atoms with Gasteiger partial charge >= 0.3 is 0 Å². The Morgan fingerprint density at radius 2 is 2.00 bits per heavy atom. The number of nitrogens with one attached hydrogen (secondary N) is 1. The van der Waals surface area contributed by atoms with Gasteiger partial charge in [-0.05, 0) is 56.2 Å². The van der Waals surface area contributed by atoms with Crippen LogP contribution in [0.5, 0.6) is 11.5 Å². The molecule has 3 aromatic rings. The molecule has 0 aliphatic carbocycles. The summed E-state index contributed by atoms with van der Waals surface area (Å²) in [6, 6.07) is 11.8. The second-order valence-electron chi connectivity index (χ2n) is 7.76. The Bertz CT molecular complexity index is 1060. The van der Waals surface area contributed by atoms with Crippen LogP contribution < -0.4 is 14.8 Å². The number of halogens is 1. The standard InChI is InChI=1S/C24H26FNO5/c1-15(26-16(2)27)24-11-18-10-19(7-8-23(18)31-24)29-13-17-5-6-20(12-22(17)25)30-14-21-4-3-9-28-21/h5-8,10-12,15,21H,3-4,9,13-14H2,1-2H3,(H,26,27)/t15?,21-/m1/s1. The van der Waals surface area contributed by atoms with Crippen molar-refractivity contribution in [2.75, 3.05) is 13.2 Å². The topological polar surface area (TPSA) is 69.9 Å². The Morgan fingerprint density at radius 1 is 1.19 bits per heavy atom. The lowest BCUT2D eigenvalue weighted by Crippen LogP contribution is -2.23. The number of carbonyl (C=O) groups excluding carboxylic acids is 1. The van der Waals surface area contributed by atoms with Gasteiger partial charge in [-0.25, -0.2) is 4.39 Å². The number of hydrogen-bond donors (Lipinski definition) is 1. The maximum atomic E-state index is 14.5. The molecule has 31 heavy (non-hydrogen) atoms. The summed E-state index contributed by atoms with van der Waals surface area (Å²) in [5, 5.41) is 3.64. The first-order chi connectivity index (χ1) is 15.0. The van der Waals surface area contributed by atoms with Gasteiger partial charge in [-0.1, -0.05) is 0 Å². The van der Waals surface area contributed by atoms with Gasteiger partial charge in [0.15, 0.2) is 0 Å². The molecule has 1 unspecified atom stereocenters. The van der Waals surface area contributed by atoms with E-state index in [-0.39, 0.29) is 30.5 Å². The number of rotatable bonds is 8. The molecule has 2 atom stereocenters. The highest BCUT2D eigenvalue weighted by Gasteiger charge is 2.17. The van der Waals surface area contributed by atoms with Crippen molar-refractivity contribution in [1.82, 2.24) is 5.32 Å². The molecule has 6 nitrogen and oxygen atoms in total. The van der Waals surface area contributed by atoms with Crippen molar-refractivity contribution in [2.45, 2.75) is 45.4 Å². The first-order valence-corrected chi connectivity index (χ1v) is 10.4. The highest BCUT2D eigenvalue weighted by Crippen LogP contribution is 2.28. The molecule has 7 heteroatoms. The molecular formula is C24H26FNO5. The maximum absolute atomic E-state index is 14.5. The first-order valence-electron chi connectivity index (χ1n) is 10.4. The van der Waals surface area contributed by atoms with Gasteiger partial charge in [-0.2, -0.15) is 0 Å². The number of amides is 1. The van der Waals surface area contributed by atoms with Crippen LogP contribution in [-0.2, 0) is 16.1 Å². The Balaban J connectivity index is 1.37. The molecule has 1 aliphatic rings. The summed E-state index contributed by atoms with van der Waals surface area (Å²) < 4.78 is 37.2. The van der Waals surface area contributed by atoms with Crippen LogP contribution in [0.25, 0.3) is 11.0 Å². The molecule has 0 spiro atoms. The zero-order valence-corrected chi connectivity index (χ0v) is 17.7. The largest absolute Gasteiger partial charge is 0.491 e. The second-order valence-corrected chi connectivity index (χ2v) is 7.76. The number of ether oxygens (including phenoxy) is 3. The van der Waals surface area contributed by atoms with Gasteiger partial charge in [0.25, 0.3) is 0 Å². The van der Waals surface area contributed by atoms with Gasteiger partial charge in [0.1, 0.15) is 41.9 Å². The number of carbonyl (C=O) groups is 1. The molecule has 4 rings (SSSR count). The summed E-state index contributed by atoms with van der Waals surface area (Å²) in [6.07, 6.45) is 2.10. The number of benzene rings is 2. The number of fused-ring (bicyclic) bond motifs is 1. The molecule has 1 fully saturated rings. The third-order valence-electron chi connectivity index (χ3n) is 5.23. The van der Waals surface area contributed by atoms with Crippen LogP contribution in [0.3, 0.4) is 0 Å². The van der Waals surface area contributed by atoms with E-state index < -0.39 is 0 Å². The molecule has 1 N–H and O–H groups in total. The van der Waals surface area contributed by atoms with Crippen molar-refractivity contribution in [2.24, 2.45) is 0 Å². The molecule has 2 aromatic carbocycles. The van der Waals surface area contributed by atoms with E-state index in [9.17, 15) is 9.18 Å². The van der Waals surface area contributed by atoms with Gasteiger partial charge < -0.3 is 23.9 Å².